The van der Waals surface area contributed by atoms with Crippen LogP contribution in [0.5, 0.6) is 0 Å². The molecular formula is C25H25N3O3. The number of likely N-dealkylation sites (N-methyl/N-ethyl adjacent to an activating group) is 1. The van der Waals surface area contributed by atoms with Crippen LogP contribution in [0.1, 0.15) is 11.1 Å². The Morgan fingerprint density at radius 3 is 2.35 bits per heavy atom. The predicted octanol–water partition coefficient (Wildman–Crippen LogP) is 4.71. The van der Waals surface area contributed by atoms with Crippen LogP contribution in [0.4, 0.5) is 11.4 Å². The van der Waals surface area contributed by atoms with Crippen LogP contribution in [0.15, 0.2) is 65.1 Å². The van der Waals surface area contributed by atoms with Crippen LogP contribution in [0.25, 0.3) is 21.9 Å². The third kappa shape index (κ3) is 4.59. The molecule has 4 aromatic rings. The van der Waals surface area contributed by atoms with E-state index in [0.29, 0.717) is 5.69 Å². The number of benzene rings is 3. The van der Waals surface area contributed by atoms with Crippen LogP contribution in [0.3, 0.4) is 0 Å². The van der Waals surface area contributed by atoms with E-state index in [4.69, 9.17) is 4.42 Å². The molecular weight excluding hydrogens is 390 g/mol. The number of amides is 2. The summed E-state index contributed by atoms with van der Waals surface area (Å²) >= 11 is 0. The number of hydrogen-bond acceptors (Lipinski definition) is 4. The van der Waals surface area contributed by atoms with E-state index in [9.17, 15) is 9.59 Å². The van der Waals surface area contributed by atoms with Gasteiger partial charge in [0.1, 0.15) is 11.2 Å². The van der Waals surface area contributed by atoms with Gasteiger partial charge in [-0.15, -0.1) is 0 Å². The molecule has 2 N–H and O–H groups in total. The normalized spacial score (nSPS) is 11.2. The van der Waals surface area contributed by atoms with E-state index >= 15 is 0 Å². The van der Waals surface area contributed by atoms with E-state index in [2.05, 4.69) is 10.6 Å². The second-order valence-corrected chi connectivity index (χ2v) is 7.83. The highest BCUT2D eigenvalue weighted by molar-refractivity contribution is 6.07. The summed E-state index contributed by atoms with van der Waals surface area (Å²) in [5.74, 6) is -0.343. The van der Waals surface area contributed by atoms with Crippen molar-refractivity contribution in [3.8, 4) is 0 Å². The Kier molecular flexibility index (Phi) is 5.73. The largest absolute Gasteiger partial charge is 0.456 e. The first-order chi connectivity index (χ1) is 14.9. The molecule has 158 valence electrons. The molecule has 4 rings (SSSR count). The maximum atomic E-state index is 12.5. The molecule has 2 amide bonds. The average molecular weight is 415 g/mol. The van der Waals surface area contributed by atoms with Gasteiger partial charge >= 0.3 is 0 Å². The molecule has 6 nitrogen and oxygen atoms in total. The van der Waals surface area contributed by atoms with Crippen molar-refractivity contribution in [1.29, 1.82) is 0 Å². The first kappa shape index (κ1) is 20.6. The maximum Gasteiger partial charge on any atom is 0.238 e. The van der Waals surface area contributed by atoms with E-state index in [1.54, 1.807) is 11.9 Å². The molecule has 0 radical (unpaired) electrons. The molecule has 0 unspecified atom stereocenters. The van der Waals surface area contributed by atoms with E-state index in [1.165, 1.54) is 0 Å². The molecule has 0 aliphatic carbocycles. The summed E-state index contributed by atoms with van der Waals surface area (Å²) in [5, 5.41) is 7.78. The van der Waals surface area contributed by atoms with Gasteiger partial charge in [0, 0.05) is 22.1 Å². The lowest BCUT2D eigenvalue weighted by Crippen LogP contribution is -2.36. The summed E-state index contributed by atoms with van der Waals surface area (Å²) in [7, 11) is 1.75. The second kappa shape index (κ2) is 8.62. The minimum absolute atomic E-state index is 0.102. The number of anilines is 2. The molecule has 0 saturated heterocycles. The number of aryl methyl sites for hydroxylation is 1. The van der Waals surface area contributed by atoms with Crippen molar-refractivity contribution in [2.45, 2.75) is 13.8 Å². The Morgan fingerprint density at radius 1 is 0.839 bits per heavy atom. The zero-order chi connectivity index (χ0) is 22.0. The van der Waals surface area contributed by atoms with Crippen LogP contribution >= 0.6 is 0 Å². The fraction of sp³-hybridized carbons (Fsp3) is 0.200. The summed E-state index contributed by atoms with van der Waals surface area (Å²) < 4.78 is 5.82. The molecule has 0 bridgehead atoms. The quantitative estimate of drug-likeness (QED) is 0.478. The molecule has 1 heterocycles. The standard InChI is InChI=1S/C25H25N3O3/c1-16-7-6-9-21(17(16)2)27-25(30)15-28(3)14-24(29)26-18-11-12-23-20(13-18)19-8-4-5-10-22(19)31-23/h4-13H,14-15H2,1-3H3,(H,26,29)(H,27,30). The van der Waals surface area contributed by atoms with Crippen molar-refractivity contribution < 1.29 is 14.0 Å². The van der Waals surface area contributed by atoms with Crippen molar-refractivity contribution in [2.24, 2.45) is 0 Å². The zero-order valence-electron chi connectivity index (χ0n) is 17.9. The van der Waals surface area contributed by atoms with Gasteiger partial charge in [-0.25, -0.2) is 0 Å². The second-order valence-electron chi connectivity index (χ2n) is 7.83. The minimum Gasteiger partial charge on any atom is -0.456 e. The van der Waals surface area contributed by atoms with Gasteiger partial charge in [-0.05, 0) is 62.4 Å². The minimum atomic E-state index is -0.186. The van der Waals surface area contributed by atoms with Gasteiger partial charge in [0.05, 0.1) is 13.1 Å². The van der Waals surface area contributed by atoms with Crippen molar-refractivity contribution in [1.82, 2.24) is 4.90 Å². The summed E-state index contributed by atoms with van der Waals surface area (Å²) in [6, 6.07) is 19.2. The highest BCUT2D eigenvalue weighted by atomic mass is 16.3. The summed E-state index contributed by atoms with van der Waals surface area (Å²) in [4.78, 5) is 26.5. The van der Waals surface area contributed by atoms with Crippen molar-refractivity contribution in [3.05, 3.63) is 71.8 Å². The summed E-state index contributed by atoms with van der Waals surface area (Å²) in [6.45, 7) is 4.20. The van der Waals surface area contributed by atoms with E-state index < -0.39 is 0 Å². The van der Waals surface area contributed by atoms with Gasteiger partial charge in [0.2, 0.25) is 11.8 Å². The molecule has 1 aromatic heterocycles. The molecule has 0 aliphatic rings. The average Bonchev–Trinajstić information content (AvgIpc) is 3.09. The Labute approximate surface area is 180 Å². The summed E-state index contributed by atoms with van der Waals surface area (Å²) in [6.07, 6.45) is 0. The van der Waals surface area contributed by atoms with E-state index in [1.807, 2.05) is 74.5 Å². The molecule has 0 spiro atoms. The van der Waals surface area contributed by atoms with Crippen molar-refractivity contribution >= 4 is 45.1 Å². The molecule has 3 aromatic carbocycles. The van der Waals surface area contributed by atoms with E-state index in [-0.39, 0.29) is 24.9 Å². The number of nitrogens with zero attached hydrogens (tertiary/aromatic N) is 1. The lowest BCUT2D eigenvalue weighted by molar-refractivity contribution is -0.119. The molecule has 0 saturated carbocycles. The maximum absolute atomic E-state index is 12.5. The monoisotopic (exact) mass is 415 g/mol. The fourth-order valence-electron chi connectivity index (χ4n) is 3.63. The number of fused-ring (bicyclic) bond motifs is 3. The lowest BCUT2D eigenvalue weighted by Gasteiger charge is -2.17. The number of hydrogen-bond donors (Lipinski definition) is 2. The third-order valence-corrected chi connectivity index (χ3v) is 5.37. The number of carbonyl (C=O) groups excluding carboxylic acids is 2. The van der Waals surface area contributed by atoms with Crippen LogP contribution in [0.2, 0.25) is 0 Å². The molecule has 0 fully saturated rings. The smallest absolute Gasteiger partial charge is 0.238 e. The van der Waals surface area contributed by atoms with Crippen molar-refractivity contribution in [2.75, 3.05) is 30.8 Å². The number of para-hydroxylation sites is 1. The topological polar surface area (TPSA) is 74.6 Å². The zero-order valence-corrected chi connectivity index (χ0v) is 17.9. The highest BCUT2D eigenvalue weighted by Crippen LogP contribution is 2.30. The Balaban J connectivity index is 1.36. The summed E-state index contributed by atoms with van der Waals surface area (Å²) in [5.41, 5.74) is 5.24. The lowest BCUT2D eigenvalue weighted by atomic mass is 10.1. The first-order valence-electron chi connectivity index (χ1n) is 10.2. The van der Waals surface area contributed by atoms with Crippen LogP contribution in [-0.4, -0.2) is 36.9 Å². The molecule has 31 heavy (non-hydrogen) atoms. The first-order valence-corrected chi connectivity index (χ1v) is 10.2. The Morgan fingerprint density at radius 2 is 1.55 bits per heavy atom. The Bertz CT molecular complexity index is 1280. The number of rotatable bonds is 6. The highest BCUT2D eigenvalue weighted by Gasteiger charge is 2.13. The van der Waals surface area contributed by atoms with Gasteiger partial charge in [0.15, 0.2) is 0 Å². The molecule has 0 atom stereocenters. The van der Waals surface area contributed by atoms with Gasteiger partial charge < -0.3 is 15.1 Å². The predicted molar refractivity (Wildman–Crippen MR) is 124 cm³/mol. The van der Waals surface area contributed by atoms with Gasteiger partial charge in [0.25, 0.3) is 0 Å². The Hall–Kier alpha value is -3.64. The molecule has 6 heteroatoms. The molecule has 0 aliphatic heterocycles. The van der Waals surface area contributed by atoms with Gasteiger partial charge in [-0.1, -0.05) is 30.3 Å². The third-order valence-electron chi connectivity index (χ3n) is 5.37. The van der Waals surface area contributed by atoms with E-state index in [0.717, 1.165) is 38.8 Å². The van der Waals surface area contributed by atoms with Gasteiger partial charge in [-0.2, -0.15) is 0 Å². The van der Waals surface area contributed by atoms with Crippen LogP contribution in [-0.2, 0) is 9.59 Å². The van der Waals surface area contributed by atoms with Crippen LogP contribution < -0.4 is 10.6 Å². The van der Waals surface area contributed by atoms with Crippen LogP contribution in [0, 0.1) is 13.8 Å². The number of furan rings is 1. The SMILES string of the molecule is Cc1cccc(NC(=O)CN(C)CC(=O)Nc2ccc3oc4ccccc4c3c2)c1C. The number of carbonyl (C=O) groups is 2. The number of nitrogens with one attached hydrogen (secondary N) is 2. The van der Waals surface area contributed by atoms with Gasteiger partial charge in [-0.3, -0.25) is 14.5 Å². The fourth-order valence-corrected chi connectivity index (χ4v) is 3.63. The van der Waals surface area contributed by atoms with Crippen molar-refractivity contribution in [3.63, 3.8) is 0 Å².